The Hall–Kier alpha value is -2.62. The van der Waals surface area contributed by atoms with E-state index in [1.54, 1.807) is 0 Å². The molecule has 0 radical (unpaired) electrons. The molecule has 0 aromatic heterocycles. The van der Waals surface area contributed by atoms with E-state index in [1.807, 2.05) is 13.8 Å². The van der Waals surface area contributed by atoms with Crippen LogP contribution in [-0.2, 0) is 16.2 Å². The third-order valence-corrected chi connectivity index (χ3v) is 9.36. The van der Waals surface area contributed by atoms with Crippen molar-refractivity contribution in [1.29, 1.82) is 0 Å². The second kappa shape index (κ2) is 9.78. The van der Waals surface area contributed by atoms with Gasteiger partial charge in [-0.2, -0.15) is 0 Å². The van der Waals surface area contributed by atoms with E-state index in [2.05, 4.69) is 32.0 Å². The summed E-state index contributed by atoms with van der Waals surface area (Å²) in [6.45, 7) is 8.77. The van der Waals surface area contributed by atoms with Crippen LogP contribution in [0.1, 0.15) is 75.8 Å². The van der Waals surface area contributed by atoms with Crippen molar-refractivity contribution < 1.29 is 28.3 Å². The Labute approximate surface area is 228 Å². The molecule has 6 rings (SSSR count). The molecule has 1 N–H and O–H groups in total. The maximum atomic E-state index is 13.8. The normalized spacial score (nSPS) is 25.7. The van der Waals surface area contributed by atoms with Crippen LogP contribution in [0.5, 0.6) is 5.75 Å². The largest absolute Gasteiger partial charge is 0.492 e. The molecule has 4 heterocycles. The molecule has 10 heteroatoms. The number of alkyl halides is 2. The van der Waals surface area contributed by atoms with Gasteiger partial charge in [0.2, 0.25) is 0 Å². The standard InChI is InChI=1S/C29H40F2N4O4/c1-3-38-24-14-21(22(20-4-5-20)15-23(24)34-12-8-29(30,31)9-13-34)17-33-18-28(19-33)16-25(32-39-28)35-10-6-27(2,7-11-35)26(36)37/h14-15,20H,3-13,16-19H2,1-2H3,(H,36,37). The summed E-state index contributed by atoms with van der Waals surface area (Å²) in [5.41, 5.74) is 2.58. The molecule has 4 aliphatic heterocycles. The van der Waals surface area contributed by atoms with Crippen LogP contribution in [-0.4, -0.2) is 84.1 Å². The molecule has 0 atom stereocenters. The highest BCUT2D eigenvalue weighted by Gasteiger charge is 2.51. The zero-order valence-corrected chi connectivity index (χ0v) is 23.1. The number of halogens is 2. The molecule has 0 amide bonds. The van der Waals surface area contributed by atoms with Crippen molar-refractivity contribution in [1.82, 2.24) is 9.80 Å². The Kier molecular flexibility index (Phi) is 6.67. The fourth-order valence-electron chi connectivity index (χ4n) is 6.57. The number of oxime groups is 1. The third kappa shape index (κ3) is 5.28. The first-order valence-electron chi connectivity index (χ1n) is 14.5. The van der Waals surface area contributed by atoms with Gasteiger partial charge in [-0.25, -0.2) is 8.78 Å². The van der Waals surface area contributed by atoms with Crippen LogP contribution >= 0.6 is 0 Å². The first-order chi connectivity index (χ1) is 18.6. The Balaban J connectivity index is 1.10. The quantitative estimate of drug-likeness (QED) is 0.533. The fourth-order valence-corrected chi connectivity index (χ4v) is 6.57. The Morgan fingerprint density at radius 3 is 2.38 bits per heavy atom. The van der Waals surface area contributed by atoms with Gasteiger partial charge < -0.3 is 24.5 Å². The van der Waals surface area contributed by atoms with Crippen molar-refractivity contribution in [2.75, 3.05) is 50.8 Å². The molecule has 3 saturated heterocycles. The van der Waals surface area contributed by atoms with Crippen LogP contribution in [0.25, 0.3) is 0 Å². The molecule has 0 unspecified atom stereocenters. The van der Waals surface area contributed by atoms with Gasteiger partial charge in [0.1, 0.15) is 11.6 Å². The molecule has 0 bridgehead atoms. The van der Waals surface area contributed by atoms with Crippen molar-refractivity contribution in [3.63, 3.8) is 0 Å². The zero-order chi connectivity index (χ0) is 27.4. The van der Waals surface area contributed by atoms with Gasteiger partial charge in [-0.05, 0) is 68.7 Å². The predicted molar refractivity (Wildman–Crippen MR) is 144 cm³/mol. The lowest BCUT2D eigenvalue weighted by atomic mass is 9.80. The molecule has 39 heavy (non-hydrogen) atoms. The SMILES string of the molecule is CCOc1cc(CN2CC3(CC(N4CCC(C)(C(=O)O)CC4)=NO3)C2)c(C2CC2)cc1N1CCC(F)(F)CC1. The number of benzene rings is 1. The lowest BCUT2D eigenvalue weighted by Gasteiger charge is -2.46. The number of rotatable bonds is 7. The van der Waals surface area contributed by atoms with Gasteiger partial charge in [0.15, 0.2) is 5.60 Å². The number of piperidine rings is 2. The van der Waals surface area contributed by atoms with E-state index in [0.717, 1.165) is 43.3 Å². The molecule has 5 aliphatic rings. The Morgan fingerprint density at radius 1 is 1.10 bits per heavy atom. The first kappa shape index (κ1) is 26.6. The Bertz CT molecular complexity index is 1130. The maximum Gasteiger partial charge on any atom is 0.309 e. The van der Waals surface area contributed by atoms with Gasteiger partial charge in [-0.15, -0.1) is 0 Å². The number of carboxylic acid groups (broad SMARTS) is 1. The van der Waals surface area contributed by atoms with E-state index in [4.69, 9.17) is 9.57 Å². The molecule has 8 nitrogen and oxygen atoms in total. The number of carbonyl (C=O) groups is 1. The number of anilines is 1. The molecule has 4 fully saturated rings. The van der Waals surface area contributed by atoms with E-state index in [0.29, 0.717) is 51.5 Å². The average molecular weight is 547 g/mol. The van der Waals surface area contributed by atoms with Crippen molar-refractivity contribution in [3.05, 3.63) is 23.3 Å². The number of ether oxygens (including phenoxy) is 1. The van der Waals surface area contributed by atoms with Crippen LogP contribution in [0.4, 0.5) is 14.5 Å². The van der Waals surface area contributed by atoms with E-state index >= 15 is 0 Å². The number of carboxylic acids is 1. The zero-order valence-electron chi connectivity index (χ0n) is 23.1. The van der Waals surface area contributed by atoms with Gasteiger partial charge in [0.25, 0.3) is 5.92 Å². The minimum absolute atomic E-state index is 0.116. The van der Waals surface area contributed by atoms with Gasteiger partial charge >= 0.3 is 5.97 Å². The number of aliphatic carboxylic acids is 1. The summed E-state index contributed by atoms with van der Waals surface area (Å²) in [7, 11) is 0. The minimum atomic E-state index is -2.58. The number of likely N-dealkylation sites (tertiary alicyclic amines) is 2. The number of nitrogens with zero attached hydrogens (tertiary/aromatic N) is 4. The lowest BCUT2D eigenvalue weighted by molar-refractivity contribution is -0.150. The molecule has 1 aliphatic carbocycles. The minimum Gasteiger partial charge on any atom is -0.492 e. The second-order valence-electron chi connectivity index (χ2n) is 12.5. The van der Waals surface area contributed by atoms with Gasteiger partial charge in [0.05, 0.1) is 24.1 Å². The number of hydrogen-bond donors (Lipinski definition) is 1. The van der Waals surface area contributed by atoms with Crippen LogP contribution in [0.15, 0.2) is 17.3 Å². The van der Waals surface area contributed by atoms with Crippen LogP contribution in [0.2, 0.25) is 0 Å². The van der Waals surface area contributed by atoms with E-state index < -0.39 is 17.3 Å². The van der Waals surface area contributed by atoms with Gasteiger partial charge in [0, 0.05) is 58.7 Å². The molecule has 1 aromatic rings. The first-order valence-corrected chi connectivity index (χ1v) is 14.5. The molecule has 1 saturated carbocycles. The highest BCUT2D eigenvalue weighted by atomic mass is 19.3. The molecular weight excluding hydrogens is 506 g/mol. The van der Waals surface area contributed by atoms with Crippen LogP contribution in [0.3, 0.4) is 0 Å². The third-order valence-electron chi connectivity index (χ3n) is 9.36. The number of hydrogen-bond acceptors (Lipinski definition) is 7. The van der Waals surface area contributed by atoms with E-state index in [1.165, 1.54) is 24.0 Å². The summed E-state index contributed by atoms with van der Waals surface area (Å²) in [6, 6.07) is 4.36. The summed E-state index contributed by atoms with van der Waals surface area (Å²) in [6.07, 6.45) is 4.08. The van der Waals surface area contributed by atoms with Gasteiger partial charge in [-0.3, -0.25) is 9.69 Å². The Morgan fingerprint density at radius 2 is 1.77 bits per heavy atom. The van der Waals surface area contributed by atoms with E-state index in [9.17, 15) is 18.7 Å². The van der Waals surface area contributed by atoms with Crippen molar-refractivity contribution in [2.24, 2.45) is 10.6 Å². The predicted octanol–water partition coefficient (Wildman–Crippen LogP) is 4.67. The van der Waals surface area contributed by atoms with Crippen molar-refractivity contribution in [3.8, 4) is 5.75 Å². The van der Waals surface area contributed by atoms with E-state index in [-0.39, 0.29) is 18.4 Å². The topological polar surface area (TPSA) is 77.8 Å². The molecule has 1 aromatic carbocycles. The number of amidine groups is 1. The smallest absolute Gasteiger partial charge is 0.309 e. The molecule has 214 valence electrons. The van der Waals surface area contributed by atoms with Crippen LogP contribution in [0, 0.1) is 5.41 Å². The van der Waals surface area contributed by atoms with Gasteiger partial charge in [-0.1, -0.05) is 5.16 Å². The summed E-state index contributed by atoms with van der Waals surface area (Å²) >= 11 is 0. The van der Waals surface area contributed by atoms with Crippen molar-refractivity contribution >= 4 is 17.5 Å². The van der Waals surface area contributed by atoms with Crippen LogP contribution < -0.4 is 9.64 Å². The molecular formula is C29H40F2N4O4. The lowest BCUT2D eigenvalue weighted by Crippen LogP contribution is -2.61. The highest BCUT2D eigenvalue weighted by molar-refractivity contribution is 5.85. The maximum absolute atomic E-state index is 13.8. The van der Waals surface area contributed by atoms with Crippen molar-refractivity contribution in [2.45, 2.75) is 82.8 Å². The summed E-state index contributed by atoms with van der Waals surface area (Å²) in [4.78, 5) is 24.2. The second-order valence-corrected chi connectivity index (χ2v) is 12.5. The summed E-state index contributed by atoms with van der Waals surface area (Å²) < 4.78 is 33.7. The monoisotopic (exact) mass is 546 g/mol. The summed E-state index contributed by atoms with van der Waals surface area (Å²) in [5.74, 6) is -1.03. The average Bonchev–Trinajstić information content (AvgIpc) is 3.63. The highest BCUT2D eigenvalue weighted by Crippen LogP contribution is 2.47. The summed E-state index contributed by atoms with van der Waals surface area (Å²) in [5, 5.41) is 13.9. The molecule has 1 spiro atoms. The fraction of sp³-hybridized carbons (Fsp3) is 0.724.